The summed E-state index contributed by atoms with van der Waals surface area (Å²) >= 11 is 7.95. The van der Waals surface area contributed by atoms with Crippen molar-refractivity contribution < 1.29 is 9.21 Å². The fraction of sp³-hybridized carbons (Fsp3) is 0.278. The highest BCUT2D eigenvalue weighted by atomic mass is 35.5. The number of nitrogens with zero attached hydrogens (tertiary/aromatic N) is 1. The third-order valence-electron chi connectivity index (χ3n) is 3.82. The van der Waals surface area contributed by atoms with Crippen LogP contribution in [0.4, 0.5) is 0 Å². The van der Waals surface area contributed by atoms with E-state index in [1.165, 1.54) is 0 Å². The Morgan fingerprint density at radius 2 is 2.13 bits per heavy atom. The molecule has 1 aliphatic heterocycles. The van der Waals surface area contributed by atoms with Crippen molar-refractivity contribution in [3.05, 3.63) is 65.1 Å². The van der Waals surface area contributed by atoms with E-state index >= 15 is 0 Å². The number of halogens is 1. The van der Waals surface area contributed by atoms with Gasteiger partial charge >= 0.3 is 0 Å². The first kappa shape index (κ1) is 16.2. The maximum Gasteiger partial charge on any atom is 0.246 e. The van der Waals surface area contributed by atoms with Gasteiger partial charge in [0.15, 0.2) is 0 Å². The fourth-order valence-corrected chi connectivity index (χ4v) is 3.95. The number of carbonyl (C=O) groups excluding carboxylic acids is 1. The minimum absolute atomic E-state index is 0.0330. The van der Waals surface area contributed by atoms with E-state index in [-0.39, 0.29) is 5.91 Å². The van der Waals surface area contributed by atoms with Crippen LogP contribution in [0.25, 0.3) is 6.08 Å². The Kier molecular flexibility index (Phi) is 5.47. The van der Waals surface area contributed by atoms with E-state index in [9.17, 15) is 4.79 Å². The van der Waals surface area contributed by atoms with Crippen LogP contribution in [0, 0.1) is 0 Å². The maximum absolute atomic E-state index is 12.4. The molecule has 1 unspecified atom stereocenters. The lowest BCUT2D eigenvalue weighted by molar-refractivity contribution is -0.125. The number of rotatable bonds is 3. The van der Waals surface area contributed by atoms with Crippen molar-refractivity contribution in [1.29, 1.82) is 0 Å². The first-order valence-corrected chi connectivity index (χ1v) is 9.03. The van der Waals surface area contributed by atoms with Gasteiger partial charge < -0.3 is 9.32 Å². The molecule has 120 valence electrons. The van der Waals surface area contributed by atoms with Crippen molar-refractivity contribution in [3.8, 4) is 0 Å². The zero-order chi connectivity index (χ0) is 16.1. The second kappa shape index (κ2) is 7.75. The standard InChI is InChI=1S/C18H18ClNO2S/c19-15-5-2-1-4-14(15)7-8-18(21)20-10-9-17(23-13-11-20)16-6-3-12-22-16/h1-8,12,17H,9-11,13H2/b8-7+. The molecule has 23 heavy (non-hydrogen) atoms. The highest BCUT2D eigenvalue weighted by molar-refractivity contribution is 7.99. The van der Waals surface area contributed by atoms with Crippen molar-refractivity contribution in [1.82, 2.24) is 4.90 Å². The predicted molar refractivity (Wildman–Crippen MR) is 95.6 cm³/mol. The molecular formula is C18H18ClNO2S. The molecule has 5 heteroatoms. The van der Waals surface area contributed by atoms with E-state index in [1.807, 2.05) is 53.1 Å². The smallest absolute Gasteiger partial charge is 0.246 e. The summed E-state index contributed by atoms with van der Waals surface area (Å²) in [5, 5.41) is 0.983. The first-order valence-electron chi connectivity index (χ1n) is 7.60. The van der Waals surface area contributed by atoms with E-state index in [4.69, 9.17) is 16.0 Å². The molecule has 2 aromatic rings. The molecule has 1 aromatic carbocycles. The summed E-state index contributed by atoms with van der Waals surface area (Å²) in [6.45, 7) is 1.50. The molecule has 3 nitrogen and oxygen atoms in total. The monoisotopic (exact) mass is 347 g/mol. The average molecular weight is 348 g/mol. The van der Waals surface area contributed by atoms with E-state index < -0.39 is 0 Å². The molecule has 0 saturated carbocycles. The molecule has 3 rings (SSSR count). The van der Waals surface area contributed by atoms with Crippen LogP contribution in [0.3, 0.4) is 0 Å². The predicted octanol–water partition coefficient (Wildman–Crippen LogP) is 4.65. The van der Waals surface area contributed by atoms with Crippen LogP contribution in [-0.4, -0.2) is 29.6 Å². The van der Waals surface area contributed by atoms with Gasteiger partial charge in [-0.1, -0.05) is 29.8 Å². The lowest BCUT2D eigenvalue weighted by atomic mass is 10.2. The molecule has 0 bridgehead atoms. The third-order valence-corrected chi connectivity index (χ3v) is 5.46. The first-order chi connectivity index (χ1) is 11.2. The molecule has 1 atom stereocenters. The number of hydrogen-bond donors (Lipinski definition) is 0. The van der Waals surface area contributed by atoms with Gasteiger partial charge in [0, 0.05) is 29.9 Å². The maximum atomic E-state index is 12.4. The van der Waals surface area contributed by atoms with Crippen LogP contribution in [0.15, 0.2) is 53.2 Å². The Balaban J connectivity index is 1.61. The summed E-state index contributed by atoms with van der Waals surface area (Å²) in [6.07, 6.45) is 6.01. The largest absolute Gasteiger partial charge is 0.468 e. The molecule has 1 saturated heterocycles. The van der Waals surface area contributed by atoms with Crippen molar-refractivity contribution in [2.45, 2.75) is 11.7 Å². The van der Waals surface area contributed by atoms with Gasteiger partial charge in [-0.3, -0.25) is 4.79 Å². The highest BCUT2D eigenvalue weighted by Crippen LogP contribution is 2.34. The Morgan fingerprint density at radius 3 is 2.91 bits per heavy atom. The second-order valence-corrected chi connectivity index (χ2v) is 7.06. The fourth-order valence-electron chi connectivity index (χ4n) is 2.57. The van der Waals surface area contributed by atoms with Crippen molar-refractivity contribution in [2.75, 3.05) is 18.8 Å². The Bertz CT molecular complexity index is 684. The Morgan fingerprint density at radius 1 is 1.26 bits per heavy atom. The van der Waals surface area contributed by atoms with Gasteiger partial charge in [-0.25, -0.2) is 0 Å². The van der Waals surface area contributed by atoms with Gasteiger partial charge in [-0.05, 0) is 36.3 Å². The van der Waals surface area contributed by atoms with E-state index in [0.29, 0.717) is 10.3 Å². The summed E-state index contributed by atoms with van der Waals surface area (Å²) in [7, 11) is 0. The summed E-state index contributed by atoms with van der Waals surface area (Å²) in [6, 6.07) is 11.4. The molecule has 0 radical (unpaired) electrons. The molecule has 1 amide bonds. The molecule has 1 fully saturated rings. The number of furan rings is 1. The van der Waals surface area contributed by atoms with Crippen LogP contribution < -0.4 is 0 Å². The van der Waals surface area contributed by atoms with E-state index in [2.05, 4.69) is 0 Å². The topological polar surface area (TPSA) is 33.5 Å². The highest BCUT2D eigenvalue weighted by Gasteiger charge is 2.22. The minimum Gasteiger partial charge on any atom is -0.468 e. The molecule has 0 N–H and O–H groups in total. The van der Waals surface area contributed by atoms with Crippen LogP contribution in [0.5, 0.6) is 0 Å². The molecule has 1 aromatic heterocycles. The lowest BCUT2D eigenvalue weighted by Gasteiger charge is -2.18. The Hall–Kier alpha value is -1.65. The number of thioether (sulfide) groups is 1. The zero-order valence-electron chi connectivity index (χ0n) is 12.7. The SMILES string of the molecule is O=C(/C=C/c1ccccc1Cl)N1CCSC(c2ccco2)CC1. The molecule has 2 heterocycles. The van der Waals surface area contributed by atoms with E-state index in [1.54, 1.807) is 18.4 Å². The van der Waals surface area contributed by atoms with Crippen molar-refractivity contribution in [2.24, 2.45) is 0 Å². The average Bonchev–Trinajstić information content (AvgIpc) is 2.98. The summed E-state index contributed by atoms with van der Waals surface area (Å²) in [5.41, 5.74) is 0.861. The lowest BCUT2D eigenvalue weighted by Crippen LogP contribution is -2.31. The molecular weight excluding hydrogens is 330 g/mol. The second-order valence-electron chi connectivity index (χ2n) is 5.34. The van der Waals surface area contributed by atoms with Gasteiger partial charge in [-0.15, -0.1) is 11.8 Å². The number of benzene rings is 1. The quantitative estimate of drug-likeness (QED) is 0.757. The van der Waals surface area contributed by atoms with Crippen LogP contribution >= 0.6 is 23.4 Å². The van der Waals surface area contributed by atoms with Gasteiger partial charge in [0.05, 0.1) is 11.5 Å². The normalized spacial score (nSPS) is 19.0. The van der Waals surface area contributed by atoms with Crippen LogP contribution in [-0.2, 0) is 4.79 Å². The van der Waals surface area contributed by atoms with Crippen LogP contribution in [0.2, 0.25) is 5.02 Å². The number of amides is 1. The molecule has 0 spiro atoms. The van der Waals surface area contributed by atoms with Gasteiger partial charge in [0.25, 0.3) is 0 Å². The van der Waals surface area contributed by atoms with Crippen molar-refractivity contribution in [3.63, 3.8) is 0 Å². The third kappa shape index (κ3) is 4.21. The van der Waals surface area contributed by atoms with Gasteiger partial charge in [0.2, 0.25) is 5.91 Å². The zero-order valence-corrected chi connectivity index (χ0v) is 14.2. The molecule has 0 aliphatic carbocycles. The summed E-state index contributed by atoms with van der Waals surface area (Å²) < 4.78 is 5.49. The van der Waals surface area contributed by atoms with Gasteiger partial charge in [0.1, 0.15) is 5.76 Å². The summed E-state index contributed by atoms with van der Waals surface area (Å²) in [5.74, 6) is 1.94. The Labute approximate surface area is 145 Å². The minimum atomic E-state index is 0.0330. The van der Waals surface area contributed by atoms with Crippen molar-refractivity contribution >= 4 is 35.3 Å². The van der Waals surface area contributed by atoms with Crippen LogP contribution in [0.1, 0.15) is 23.0 Å². The van der Waals surface area contributed by atoms with Gasteiger partial charge in [-0.2, -0.15) is 0 Å². The van der Waals surface area contributed by atoms with E-state index in [0.717, 1.165) is 36.6 Å². The number of carbonyl (C=O) groups is 1. The molecule has 1 aliphatic rings. The summed E-state index contributed by atoms with van der Waals surface area (Å²) in [4.78, 5) is 14.3. The number of hydrogen-bond acceptors (Lipinski definition) is 3.